The van der Waals surface area contributed by atoms with Crippen LogP contribution in [0.2, 0.25) is 0 Å². The van der Waals surface area contributed by atoms with Crippen LogP contribution in [0.5, 0.6) is 0 Å². The summed E-state index contributed by atoms with van der Waals surface area (Å²) in [5.41, 5.74) is 4.25. The number of aromatic amines is 1. The largest absolute Gasteiger partial charge is 0.295 e. The Hall–Kier alpha value is -2.96. The van der Waals surface area contributed by atoms with Gasteiger partial charge in [0.1, 0.15) is 12.7 Å². The summed E-state index contributed by atoms with van der Waals surface area (Å²) in [4.78, 5) is 12.5. The van der Waals surface area contributed by atoms with Crippen molar-refractivity contribution in [3.8, 4) is 5.69 Å². The zero-order valence-corrected chi connectivity index (χ0v) is 12.6. The third-order valence-corrected chi connectivity index (χ3v) is 3.59. The number of H-pyrrole nitrogens is 1. The van der Waals surface area contributed by atoms with Crippen LogP contribution >= 0.6 is 0 Å². The van der Waals surface area contributed by atoms with E-state index in [4.69, 9.17) is 0 Å². The van der Waals surface area contributed by atoms with Gasteiger partial charge >= 0.3 is 0 Å². The molecule has 1 aromatic carbocycles. The maximum atomic E-state index is 12.5. The fourth-order valence-electron chi connectivity index (χ4n) is 2.14. The summed E-state index contributed by atoms with van der Waals surface area (Å²) in [6.45, 7) is 5.90. The number of nitrogens with zero attached hydrogens (tertiary/aromatic N) is 5. The molecule has 0 spiro atoms. The van der Waals surface area contributed by atoms with Crippen molar-refractivity contribution in [1.29, 1.82) is 0 Å². The van der Waals surface area contributed by atoms with E-state index in [2.05, 4.69) is 20.4 Å². The smallest absolute Gasteiger partial charge is 0.280 e. The van der Waals surface area contributed by atoms with Crippen LogP contribution in [-0.2, 0) is 0 Å². The van der Waals surface area contributed by atoms with Gasteiger partial charge in [-0.25, -0.2) is 9.36 Å². The molecule has 112 valence electrons. The lowest BCUT2D eigenvalue weighted by molar-refractivity contribution is 0.833. The number of aromatic nitrogens is 5. The predicted octanol–water partition coefficient (Wildman–Crippen LogP) is 1.56. The molecule has 0 bridgehead atoms. The van der Waals surface area contributed by atoms with Crippen molar-refractivity contribution in [3.63, 3.8) is 0 Å². The SMILES string of the molecule is Cc1ccc(-n2[nH]c(C)c(C=Nn3cnnc3)c2=O)cc1C. The van der Waals surface area contributed by atoms with Crippen LogP contribution in [0.3, 0.4) is 0 Å². The molecule has 0 unspecified atom stereocenters. The van der Waals surface area contributed by atoms with E-state index in [0.29, 0.717) is 5.56 Å². The number of hydrogen-bond donors (Lipinski definition) is 1. The van der Waals surface area contributed by atoms with Crippen LogP contribution in [0.15, 0.2) is 40.7 Å². The molecule has 3 aromatic rings. The van der Waals surface area contributed by atoms with Gasteiger partial charge in [-0.3, -0.25) is 9.89 Å². The van der Waals surface area contributed by atoms with Crippen molar-refractivity contribution in [2.45, 2.75) is 20.8 Å². The van der Waals surface area contributed by atoms with Gasteiger partial charge in [-0.1, -0.05) is 6.07 Å². The van der Waals surface area contributed by atoms with Crippen LogP contribution < -0.4 is 5.56 Å². The molecule has 0 fully saturated rings. The summed E-state index contributed by atoms with van der Waals surface area (Å²) in [6, 6.07) is 5.89. The van der Waals surface area contributed by atoms with E-state index in [1.165, 1.54) is 33.8 Å². The Morgan fingerprint density at radius 1 is 1.14 bits per heavy atom. The minimum atomic E-state index is -0.141. The van der Waals surface area contributed by atoms with Crippen molar-refractivity contribution in [2.24, 2.45) is 5.10 Å². The van der Waals surface area contributed by atoms with Gasteiger partial charge in [0, 0.05) is 5.69 Å². The first-order chi connectivity index (χ1) is 10.6. The number of aryl methyl sites for hydroxylation is 3. The average Bonchev–Trinajstić information content (AvgIpc) is 3.09. The maximum Gasteiger partial charge on any atom is 0.280 e. The summed E-state index contributed by atoms with van der Waals surface area (Å²) >= 11 is 0. The van der Waals surface area contributed by atoms with Crippen molar-refractivity contribution in [1.82, 2.24) is 24.7 Å². The lowest BCUT2D eigenvalue weighted by atomic mass is 10.1. The van der Waals surface area contributed by atoms with E-state index in [9.17, 15) is 4.79 Å². The Labute approximate surface area is 126 Å². The first kappa shape index (κ1) is 14.0. The molecule has 3 rings (SSSR count). The quantitative estimate of drug-likeness (QED) is 0.745. The van der Waals surface area contributed by atoms with Gasteiger partial charge in [0.05, 0.1) is 17.5 Å². The molecule has 7 nitrogen and oxygen atoms in total. The molecule has 22 heavy (non-hydrogen) atoms. The molecule has 0 saturated carbocycles. The third-order valence-electron chi connectivity index (χ3n) is 3.59. The fourth-order valence-corrected chi connectivity index (χ4v) is 2.14. The van der Waals surface area contributed by atoms with E-state index in [1.54, 1.807) is 0 Å². The van der Waals surface area contributed by atoms with E-state index in [-0.39, 0.29) is 5.56 Å². The Morgan fingerprint density at radius 3 is 2.55 bits per heavy atom. The second kappa shape index (κ2) is 5.44. The van der Waals surface area contributed by atoms with Crippen LogP contribution in [-0.4, -0.2) is 30.9 Å². The van der Waals surface area contributed by atoms with Crippen molar-refractivity contribution in [3.05, 3.63) is 63.6 Å². The molecule has 0 aliphatic heterocycles. The average molecular weight is 296 g/mol. The summed E-state index contributed by atoms with van der Waals surface area (Å²) in [7, 11) is 0. The highest BCUT2D eigenvalue weighted by molar-refractivity contribution is 5.80. The fraction of sp³-hybridized carbons (Fsp3) is 0.200. The normalized spacial score (nSPS) is 11.4. The first-order valence-electron chi connectivity index (χ1n) is 6.84. The highest BCUT2D eigenvalue weighted by Crippen LogP contribution is 2.12. The second-order valence-corrected chi connectivity index (χ2v) is 5.15. The predicted molar refractivity (Wildman–Crippen MR) is 83.6 cm³/mol. The molecule has 0 aliphatic rings. The van der Waals surface area contributed by atoms with Crippen molar-refractivity contribution in [2.75, 3.05) is 0 Å². The van der Waals surface area contributed by atoms with Crippen LogP contribution in [0.25, 0.3) is 5.69 Å². The Balaban J connectivity index is 2.03. The number of benzene rings is 1. The van der Waals surface area contributed by atoms with Gasteiger partial charge in [-0.2, -0.15) is 5.10 Å². The molecule has 2 heterocycles. The van der Waals surface area contributed by atoms with Crippen molar-refractivity contribution >= 4 is 6.21 Å². The minimum Gasteiger partial charge on any atom is -0.295 e. The van der Waals surface area contributed by atoms with Crippen LogP contribution in [0.4, 0.5) is 0 Å². The molecule has 0 aliphatic carbocycles. The summed E-state index contributed by atoms with van der Waals surface area (Å²) < 4.78 is 2.96. The number of rotatable bonds is 3. The van der Waals surface area contributed by atoms with Gasteiger partial charge in [0.25, 0.3) is 5.56 Å². The van der Waals surface area contributed by atoms with Gasteiger partial charge in [0.2, 0.25) is 0 Å². The van der Waals surface area contributed by atoms with Crippen LogP contribution in [0.1, 0.15) is 22.4 Å². The van der Waals surface area contributed by atoms with Gasteiger partial charge in [-0.15, -0.1) is 10.2 Å². The van der Waals surface area contributed by atoms with E-state index in [0.717, 1.165) is 16.9 Å². The van der Waals surface area contributed by atoms with E-state index >= 15 is 0 Å². The van der Waals surface area contributed by atoms with Gasteiger partial charge in [-0.05, 0) is 44.0 Å². The Kier molecular flexibility index (Phi) is 3.46. The lowest BCUT2D eigenvalue weighted by Gasteiger charge is -2.05. The van der Waals surface area contributed by atoms with E-state index < -0.39 is 0 Å². The minimum absolute atomic E-state index is 0.141. The lowest BCUT2D eigenvalue weighted by Crippen LogP contribution is -2.17. The van der Waals surface area contributed by atoms with E-state index in [1.807, 2.05) is 39.0 Å². The monoisotopic (exact) mass is 296 g/mol. The molecule has 0 radical (unpaired) electrons. The standard InChI is InChI=1S/C15H16N6O/c1-10-4-5-13(6-11(10)2)21-15(22)14(12(3)19-21)7-18-20-8-16-17-9-20/h4-9,19H,1-3H3. The molecule has 7 heteroatoms. The molecule has 0 saturated heterocycles. The Bertz CT molecular complexity index is 885. The highest BCUT2D eigenvalue weighted by atomic mass is 16.1. The molecule has 0 amide bonds. The third kappa shape index (κ3) is 2.48. The zero-order valence-electron chi connectivity index (χ0n) is 12.6. The summed E-state index contributed by atoms with van der Waals surface area (Å²) in [5.74, 6) is 0. The topological polar surface area (TPSA) is 80.9 Å². The second-order valence-electron chi connectivity index (χ2n) is 5.15. The zero-order chi connectivity index (χ0) is 15.7. The van der Waals surface area contributed by atoms with Gasteiger partial charge < -0.3 is 0 Å². The van der Waals surface area contributed by atoms with Gasteiger partial charge in [0.15, 0.2) is 0 Å². The summed E-state index contributed by atoms with van der Waals surface area (Å²) in [6.07, 6.45) is 4.43. The first-order valence-corrected chi connectivity index (χ1v) is 6.84. The summed E-state index contributed by atoms with van der Waals surface area (Å²) in [5, 5.41) is 14.5. The maximum absolute atomic E-state index is 12.5. The molecule has 1 N–H and O–H groups in total. The molecular formula is C15H16N6O. The molecular weight excluding hydrogens is 280 g/mol. The Morgan fingerprint density at radius 2 is 1.86 bits per heavy atom. The number of hydrogen-bond acceptors (Lipinski definition) is 4. The number of nitrogens with one attached hydrogen (secondary N) is 1. The molecule has 0 atom stereocenters. The highest BCUT2D eigenvalue weighted by Gasteiger charge is 2.11. The molecule has 2 aromatic heterocycles. The van der Waals surface area contributed by atoms with Crippen LogP contribution in [0, 0.1) is 20.8 Å². The van der Waals surface area contributed by atoms with Crippen molar-refractivity contribution < 1.29 is 0 Å².